The van der Waals surface area contributed by atoms with Gasteiger partial charge in [0.2, 0.25) is 0 Å². The minimum absolute atomic E-state index is 0.170. The van der Waals surface area contributed by atoms with Crippen LogP contribution in [0, 0.1) is 6.92 Å². The second-order valence-corrected chi connectivity index (χ2v) is 3.96. The number of rotatable bonds is 4. The topological polar surface area (TPSA) is 26.3 Å². The average Bonchev–Trinajstić information content (AvgIpc) is 2.52. The predicted molar refractivity (Wildman–Crippen MR) is 59.3 cm³/mol. The molecule has 0 aliphatic rings. The van der Waals surface area contributed by atoms with Crippen molar-refractivity contribution < 1.29 is 9.53 Å². The summed E-state index contributed by atoms with van der Waals surface area (Å²) in [5.41, 5.74) is 1.18. The van der Waals surface area contributed by atoms with Crippen molar-refractivity contribution >= 4 is 23.4 Å². The van der Waals surface area contributed by atoms with E-state index in [0.717, 1.165) is 0 Å². The van der Waals surface area contributed by atoms with Gasteiger partial charge in [-0.3, -0.25) is 4.79 Å². The molecule has 2 nitrogen and oxygen atoms in total. The van der Waals surface area contributed by atoms with Gasteiger partial charge in [0.1, 0.15) is 0 Å². The third-order valence-corrected chi connectivity index (χ3v) is 2.65. The molecule has 0 aliphatic heterocycles. The Hall–Kier alpha value is -1.09. The highest BCUT2D eigenvalue weighted by molar-refractivity contribution is 7.10. The van der Waals surface area contributed by atoms with E-state index in [9.17, 15) is 4.79 Å². The summed E-state index contributed by atoms with van der Waals surface area (Å²) in [4.78, 5) is 12.3. The lowest BCUT2D eigenvalue weighted by atomic mass is 10.2. The maximum Gasteiger partial charge on any atom is 0.309 e. The Bertz CT molecular complexity index is 326. The normalized spacial score (nSPS) is 10.7. The maximum absolute atomic E-state index is 11.0. The highest BCUT2D eigenvalue weighted by Gasteiger charge is 1.97. The molecule has 14 heavy (non-hydrogen) atoms. The summed E-state index contributed by atoms with van der Waals surface area (Å²) in [6, 6.07) is 2.04. The Balaban J connectivity index is 2.42. The highest BCUT2D eigenvalue weighted by atomic mass is 32.1. The third-order valence-electron chi connectivity index (χ3n) is 1.79. The standard InChI is InChI=1S/C11H14O2S/c1-3-13-11(12)6-4-5-10-7-8-14-9(10)2/h4-5,7-8H,3,6H2,1-2H3. The fraction of sp³-hybridized carbons (Fsp3) is 0.364. The first-order chi connectivity index (χ1) is 6.74. The number of thiophene rings is 1. The van der Waals surface area contributed by atoms with E-state index in [1.54, 1.807) is 11.3 Å². The van der Waals surface area contributed by atoms with Crippen LogP contribution in [0.5, 0.6) is 0 Å². The summed E-state index contributed by atoms with van der Waals surface area (Å²) in [6.07, 6.45) is 4.15. The smallest absolute Gasteiger partial charge is 0.309 e. The van der Waals surface area contributed by atoms with Crippen LogP contribution in [-0.2, 0) is 9.53 Å². The van der Waals surface area contributed by atoms with Gasteiger partial charge in [-0.1, -0.05) is 12.2 Å². The fourth-order valence-electron chi connectivity index (χ4n) is 1.07. The van der Waals surface area contributed by atoms with E-state index in [1.807, 2.05) is 30.5 Å². The lowest BCUT2D eigenvalue weighted by molar-refractivity contribution is -0.142. The fourth-order valence-corrected chi connectivity index (χ4v) is 1.76. The van der Waals surface area contributed by atoms with Gasteiger partial charge in [-0.2, -0.15) is 0 Å². The monoisotopic (exact) mass is 210 g/mol. The summed E-state index contributed by atoms with van der Waals surface area (Å²) >= 11 is 1.71. The van der Waals surface area contributed by atoms with Gasteiger partial charge >= 0.3 is 5.97 Å². The minimum atomic E-state index is -0.170. The molecule has 0 saturated carbocycles. The molecule has 0 bridgehead atoms. The predicted octanol–water partition coefficient (Wildman–Crippen LogP) is 3.02. The summed E-state index contributed by atoms with van der Waals surface area (Å²) in [7, 11) is 0. The third kappa shape index (κ3) is 3.34. The van der Waals surface area contributed by atoms with Crippen LogP contribution in [0.3, 0.4) is 0 Å². The van der Waals surface area contributed by atoms with Crippen LogP contribution in [0.2, 0.25) is 0 Å². The van der Waals surface area contributed by atoms with Crippen molar-refractivity contribution in [1.82, 2.24) is 0 Å². The molecule has 0 N–H and O–H groups in total. The molecule has 0 unspecified atom stereocenters. The molecule has 0 fully saturated rings. The molecule has 0 spiro atoms. The molecule has 0 atom stereocenters. The van der Waals surface area contributed by atoms with E-state index in [0.29, 0.717) is 13.0 Å². The molecule has 76 valence electrons. The molecular formula is C11H14O2S. The van der Waals surface area contributed by atoms with Crippen LogP contribution in [0.15, 0.2) is 17.5 Å². The van der Waals surface area contributed by atoms with Gasteiger partial charge < -0.3 is 4.74 Å². The van der Waals surface area contributed by atoms with E-state index in [4.69, 9.17) is 4.74 Å². The average molecular weight is 210 g/mol. The number of hydrogen-bond donors (Lipinski definition) is 0. The molecule has 0 aromatic carbocycles. The number of ether oxygens (including phenoxy) is 1. The molecule has 1 aromatic rings. The Kier molecular flexibility index (Phi) is 4.40. The second kappa shape index (κ2) is 5.60. The van der Waals surface area contributed by atoms with Gasteiger partial charge in [-0.15, -0.1) is 11.3 Å². The van der Waals surface area contributed by atoms with E-state index in [1.165, 1.54) is 10.4 Å². The zero-order valence-electron chi connectivity index (χ0n) is 8.45. The second-order valence-electron chi connectivity index (χ2n) is 2.84. The summed E-state index contributed by atoms with van der Waals surface area (Å²) < 4.78 is 4.80. The van der Waals surface area contributed by atoms with E-state index < -0.39 is 0 Å². The first kappa shape index (κ1) is 11.0. The lowest BCUT2D eigenvalue weighted by Gasteiger charge is -1.96. The number of esters is 1. The molecule has 3 heteroatoms. The summed E-state index contributed by atoms with van der Waals surface area (Å²) in [5, 5.41) is 2.04. The SMILES string of the molecule is CCOC(=O)CC=Cc1ccsc1C. The van der Waals surface area contributed by atoms with Crippen LogP contribution in [0.25, 0.3) is 6.08 Å². The Morgan fingerprint density at radius 3 is 3.00 bits per heavy atom. The van der Waals surface area contributed by atoms with E-state index in [2.05, 4.69) is 6.92 Å². The van der Waals surface area contributed by atoms with Crippen LogP contribution >= 0.6 is 11.3 Å². The lowest BCUT2D eigenvalue weighted by Crippen LogP contribution is -2.01. The van der Waals surface area contributed by atoms with Gasteiger partial charge in [0.15, 0.2) is 0 Å². The molecule has 1 heterocycles. The first-order valence-electron chi connectivity index (χ1n) is 4.60. The summed E-state index contributed by atoms with van der Waals surface area (Å²) in [5.74, 6) is -0.170. The van der Waals surface area contributed by atoms with Crippen molar-refractivity contribution in [3.63, 3.8) is 0 Å². The molecule has 1 aromatic heterocycles. The van der Waals surface area contributed by atoms with Gasteiger partial charge in [-0.25, -0.2) is 0 Å². The minimum Gasteiger partial charge on any atom is -0.466 e. The van der Waals surface area contributed by atoms with E-state index >= 15 is 0 Å². The van der Waals surface area contributed by atoms with Crippen molar-refractivity contribution in [3.05, 3.63) is 28.0 Å². The van der Waals surface area contributed by atoms with Crippen LogP contribution in [0.4, 0.5) is 0 Å². The van der Waals surface area contributed by atoms with Crippen LogP contribution in [-0.4, -0.2) is 12.6 Å². The van der Waals surface area contributed by atoms with Crippen molar-refractivity contribution in [3.8, 4) is 0 Å². The highest BCUT2D eigenvalue weighted by Crippen LogP contribution is 2.16. The van der Waals surface area contributed by atoms with Gasteiger partial charge in [0, 0.05) is 4.88 Å². The van der Waals surface area contributed by atoms with Crippen LogP contribution < -0.4 is 0 Å². The first-order valence-corrected chi connectivity index (χ1v) is 5.48. The van der Waals surface area contributed by atoms with Gasteiger partial charge in [0.25, 0.3) is 0 Å². The Labute approximate surface area is 88.2 Å². The quantitative estimate of drug-likeness (QED) is 0.714. The number of hydrogen-bond acceptors (Lipinski definition) is 3. The largest absolute Gasteiger partial charge is 0.466 e. The Morgan fingerprint density at radius 2 is 2.43 bits per heavy atom. The van der Waals surface area contributed by atoms with Crippen molar-refractivity contribution in [2.24, 2.45) is 0 Å². The zero-order chi connectivity index (χ0) is 10.4. The zero-order valence-corrected chi connectivity index (χ0v) is 9.26. The molecule has 1 rings (SSSR count). The molecule has 0 aliphatic carbocycles. The maximum atomic E-state index is 11.0. The van der Waals surface area contributed by atoms with Crippen LogP contribution in [0.1, 0.15) is 23.8 Å². The Morgan fingerprint density at radius 1 is 1.64 bits per heavy atom. The van der Waals surface area contributed by atoms with Crippen molar-refractivity contribution in [2.45, 2.75) is 20.3 Å². The molecule has 0 saturated heterocycles. The van der Waals surface area contributed by atoms with Crippen molar-refractivity contribution in [2.75, 3.05) is 6.61 Å². The molecule has 0 radical (unpaired) electrons. The number of carbonyl (C=O) groups is 1. The van der Waals surface area contributed by atoms with Crippen molar-refractivity contribution in [1.29, 1.82) is 0 Å². The number of carbonyl (C=O) groups excluding carboxylic acids is 1. The van der Waals surface area contributed by atoms with E-state index in [-0.39, 0.29) is 5.97 Å². The van der Waals surface area contributed by atoms with Gasteiger partial charge in [-0.05, 0) is 30.9 Å². The molecular weight excluding hydrogens is 196 g/mol. The van der Waals surface area contributed by atoms with Gasteiger partial charge in [0.05, 0.1) is 13.0 Å². The number of aryl methyl sites for hydroxylation is 1. The molecule has 0 amide bonds. The summed E-state index contributed by atoms with van der Waals surface area (Å²) in [6.45, 7) is 4.32.